The van der Waals surface area contributed by atoms with E-state index in [2.05, 4.69) is 11.6 Å². The smallest absolute Gasteiger partial charge is 0.117 e. The van der Waals surface area contributed by atoms with Gasteiger partial charge in [0.15, 0.2) is 0 Å². The molecule has 0 bridgehead atoms. The van der Waals surface area contributed by atoms with Crippen molar-refractivity contribution in [3.63, 3.8) is 0 Å². The molecule has 0 aromatic rings. The first-order chi connectivity index (χ1) is 1.41. The Bertz CT molecular complexity index is 8.00. The molecule has 0 aliphatic heterocycles. The van der Waals surface area contributed by atoms with E-state index in [-0.39, 0.29) is 25.5 Å². The fourth-order valence-corrected chi connectivity index (χ4v) is 0. The molecule has 0 aromatic heterocycles. The van der Waals surface area contributed by atoms with Gasteiger partial charge in [-0.2, -0.15) is 0 Å². The van der Waals surface area contributed by atoms with Crippen molar-refractivity contribution in [3.8, 4) is 0 Å². The van der Waals surface area contributed by atoms with Crippen LogP contribution in [0.1, 0.15) is 0 Å². The second-order valence-electron chi connectivity index (χ2n) is 0.120. The largest absolute Gasteiger partial charge is 0.381 e. The van der Waals surface area contributed by atoms with Gasteiger partial charge in [0, 0.05) is 19.5 Å². The molecule has 0 amide bonds. The molecule has 0 aliphatic carbocycles. The predicted octanol–water partition coefficient (Wildman–Crippen LogP) is 0.172. The summed E-state index contributed by atoms with van der Waals surface area (Å²) in [6, 6.07) is -0.278. The van der Waals surface area contributed by atoms with Crippen molar-refractivity contribution in [3.05, 3.63) is 0 Å². The number of hydrogen-bond donors (Lipinski definition) is 1. The van der Waals surface area contributed by atoms with Crippen molar-refractivity contribution in [1.82, 2.24) is 0 Å². The van der Waals surface area contributed by atoms with Crippen LogP contribution in [0.3, 0.4) is 0 Å². The summed E-state index contributed by atoms with van der Waals surface area (Å²) in [7, 11) is 0. The third kappa shape index (κ3) is 13.2. The molecule has 1 N–H and O–H groups in total. The van der Waals surface area contributed by atoms with Crippen LogP contribution in [0, 0.1) is 0 Å². The molecule has 0 rings (SSSR count). The van der Waals surface area contributed by atoms with E-state index >= 15 is 0 Å². The van der Waals surface area contributed by atoms with E-state index in [4.69, 9.17) is 5.11 Å². The number of rotatable bonds is 0. The van der Waals surface area contributed by atoms with Gasteiger partial charge in [0.25, 0.3) is 0 Å². The molecular formula is CH3ClOZn. The molecule has 0 aliphatic rings. The van der Waals surface area contributed by atoms with Crippen LogP contribution >= 0.6 is 11.6 Å². The van der Waals surface area contributed by atoms with E-state index in [0.29, 0.717) is 0 Å². The Labute approximate surface area is 42.7 Å². The van der Waals surface area contributed by atoms with Crippen LogP contribution in [0.15, 0.2) is 0 Å². The van der Waals surface area contributed by atoms with Gasteiger partial charge in [0.05, 0.1) is 0 Å². The average Bonchev–Trinajstić information content (AvgIpc) is 0.918. The zero-order valence-corrected chi connectivity index (χ0v) is 5.96. The first-order valence-electron chi connectivity index (χ1n) is 0.583. The Morgan fingerprint density at radius 2 is 1.75 bits per heavy atom. The minimum Gasteiger partial charge on any atom is -0.381 e. The zero-order chi connectivity index (χ0) is 2.71. The molecule has 0 heterocycles. The SMILES string of the molecule is OCCl.[Zn]. The maximum absolute atomic E-state index is 7.33. The fraction of sp³-hybridized carbons (Fsp3) is 1.00. The van der Waals surface area contributed by atoms with Gasteiger partial charge < -0.3 is 5.11 Å². The van der Waals surface area contributed by atoms with E-state index in [1.165, 1.54) is 0 Å². The van der Waals surface area contributed by atoms with Crippen molar-refractivity contribution in [2.75, 3.05) is 6.07 Å². The van der Waals surface area contributed by atoms with E-state index < -0.39 is 0 Å². The summed E-state index contributed by atoms with van der Waals surface area (Å²) in [5, 5.41) is 7.33. The monoisotopic (exact) mass is 130 g/mol. The third-order valence-corrected chi connectivity index (χ3v) is 0. The number of halogens is 1. The van der Waals surface area contributed by atoms with Gasteiger partial charge in [-0.15, -0.1) is 0 Å². The molecule has 1 nitrogen and oxygen atoms in total. The van der Waals surface area contributed by atoms with Gasteiger partial charge >= 0.3 is 0 Å². The Hall–Kier alpha value is 0.873. The van der Waals surface area contributed by atoms with Crippen LogP contribution < -0.4 is 0 Å². The van der Waals surface area contributed by atoms with Crippen LogP contribution in [-0.2, 0) is 19.5 Å². The molecular weight excluding hydrogens is 129 g/mol. The minimum atomic E-state index is -0.278. The molecule has 0 unspecified atom stereocenters. The Kier molecular flexibility index (Phi) is 20.2. The number of aliphatic hydroxyl groups is 1. The van der Waals surface area contributed by atoms with E-state index in [0.717, 1.165) is 0 Å². The van der Waals surface area contributed by atoms with Crippen LogP contribution in [0.5, 0.6) is 0 Å². The first-order valence-corrected chi connectivity index (χ1v) is 1.12. The minimum absolute atomic E-state index is 0. The quantitative estimate of drug-likeness (QED) is 0.368. The normalized spacial score (nSPS) is 4.50. The second kappa shape index (κ2) is 9.11. The number of aliphatic hydroxyl groups excluding tert-OH is 1. The number of alkyl halides is 1. The standard InChI is InChI=1S/CH3ClO.Zn/c2-1-3;/h3H,1H2;. The first kappa shape index (κ1) is 8.86. The van der Waals surface area contributed by atoms with Gasteiger partial charge in [-0.05, 0) is 0 Å². The van der Waals surface area contributed by atoms with E-state index in [1.807, 2.05) is 0 Å². The van der Waals surface area contributed by atoms with Crippen LogP contribution in [0.2, 0.25) is 0 Å². The Morgan fingerprint density at radius 3 is 1.75 bits per heavy atom. The summed E-state index contributed by atoms with van der Waals surface area (Å²) in [6.45, 7) is 0. The van der Waals surface area contributed by atoms with Gasteiger partial charge in [0.2, 0.25) is 0 Å². The second-order valence-corrected chi connectivity index (χ2v) is 0.359. The molecule has 22 valence electrons. The predicted molar refractivity (Wildman–Crippen MR) is 12.9 cm³/mol. The molecule has 0 spiro atoms. The van der Waals surface area contributed by atoms with E-state index in [1.54, 1.807) is 0 Å². The van der Waals surface area contributed by atoms with Gasteiger partial charge in [-0.25, -0.2) is 0 Å². The topological polar surface area (TPSA) is 20.2 Å². The summed E-state index contributed by atoms with van der Waals surface area (Å²) < 4.78 is 0. The molecule has 4 heavy (non-hydrogen) atoms. The van der Waals surface area contributed by atoms with Crippen molar-refractivity contribution in [1.29, 1.82) is 0 Å². The Morgan fingerprint density at radius 1 is 1.75 bits per heavy atom. The zero-order valence-electron chi connectivity index (χ0n) is 2.24. The summed E-state index contributed by atoms with van der Waals surface area (Å²) in [5.74, 6) is 0. The van der Waals surface area contributed by atoms with Crippen molar-refractivity contribution < 1.29 is 24.6 Å². The maximum atomic E-state index is 7.33. The molecule has 0 radical (unpaired) electrons. The fourth-order valence-electron chi connectivity index (χ4n) is 0. The molecule has 0 saturated carbocycles. The summed E-state index contributed by atoms with van der Waals surface area (Å²) in [4.78, 5) is 0. The van der Waals surface area contributed by atoms with Crippen molar-refractivity contribution in [2.45, 2.75) is 0 Å². The molecule has 0 aromatic carbocycles. The summed E-state index contributed by atoms with van der Waals surface area (Å²) in [6.07, 6.45) is 0. The van der Waals surface area contributed by atoms with Crippen molar-refractivity contribution in [2.24, 2.45) is 0 Å². The molecule has 3 heteroatoms. The van der Waals surface area contributed by atoms with Crippen LogP contribution in [0.25, 0.3) is 0 Å². The summed E-state index contributed by atoms with van der Waals surface area (Å²) >= 11 is 4.55. The Balaban J connectivity index is 0. The number of hydrogen-bond acceptors (Lipinski definition) is 1. The van der Waals surface area contributed by atoms with Gasteiger partial charge in [-0.3, -0.25) is 0 Å². The average molecular weight is 132 g/mol. The summed E-state index contributed by atoms with van der Waals surface area (Å²) in [5.41, 5.74) is 0. The molecule has 0 fully saturated rings. The molecule has 0 atom stereocenters. The molecule has 0 saturated heterocycles. The van der Waals surface area contributed by atoms with Gasteiger partial charge in [0.1, 0.15) is 6.07 Å². The van der Waals surface area contributed by atoms with E-state index in [9.17, 15) is 0 Å². The third-order valence-electron chi connectivity index (χ3n) is 0. The van der Waals surface area contributed by atoms with Crippen LogP contribution in [0.4, 0.5) is 0 Å². The van der Waals surface area contributed by atoms with Gasteiger partial charge in [-0.1, -0.05) is 11.6 Å². The maximum Gasteiger partial charge on any atom is 0.117 e. The van der Waals surface area contributed by atoms with Crippen LogP contribution in [-0.4, -0.2) is 11.2 Å². The van der Waals surface area contributed by atoms with Crippen molar-refractivity contribution >= 4 is 11.6 Å².